The molecule has 1 fully saturated rings. The van der Waals surface area contributed by atoms with Crippen molar-refractivity contribution in [2.75, 3.05) is 4.90 Å². The van der Waals surface area contributed by atoms with Crippen LogP contribution in [0.2, 0.25) is 0 Å². The molecule has 154 valence electrons. The van der Waals surface area contributed by atoms with Crippen LogP contribution in [0, 0.1) is 5.92 Å². The van der Waals surface area contributed by atoms with Crippen LogP contribution in [0.4, 0.5) is 5.69 Å². The Balaban J connectivity index is 1.91. The zero-order valence-corrected chi connectivity index (χ0v) is 18.8. The molecule has 1 saturated carbocycles. The summed E-state index contributed by atoms with van der Waals surface area (Å²) in [6, 6.07) is 14.0. The molecule has 5 nitrogen and oxygen atoms in total. The highest BCUT2D eigenvalue weighted by Gasteiger charge is 2.32. The van der Waals surface area contributed by atoms with Crippen LogP contribution in [0.25, 0.3) is 0 Å². The van der Waals surface area contributed by atoms with Gasteiger partial charge in [0.05, 0.1) is 11.3 Å². The third-order valence-electron chi connectivity index (χ3n) is 5.20. The van der Waals surface area contributed by atoms with Gasteiger partial charge in [-0.15, -0.1) is 0 Å². The fourth-order valence-electron chi connectivity index (χ4n) is 3.73. The van der Waals surface area contributed by atoms with Crippen LogP contribution in [0.3, 0.4) is 0 Å². The lowest BCUT2D eigenvalue weighted by molar-refractivity contribution is -0.123. The number of alkyl halides is 1. The van der Waals surface area contributed by atoms with Crippen LogP contribution in [0.1, 0.15) is 49.9 Å². The molecule has 29 heavy (non-hydrogen) atoms. The number of halogens is 1. The number of para-hydroxylation sites is 1. The highest BCUT2D eigenvalue weighted by Crippen LogP contribution is 2.35. The second kappa shape index (κ2) is 9.61. The molecule has 0 bridgehead atoms. The van der Waals surface area contributed by atoms with Gasteiger partial charge in [-0.3, -0.25) is 4.79 Å². The van der Waals surface area contributed by atoms with E-state index in [4.69, 9.17) is 4.74 Å². The molecular weight excluding hydrogens is 481 g/mol. The van der Waals surface area contributed by atoms with Crippen molar-refractivity contribution in [1.29, 1.82) is 0 Å². The molecule has 1 N–H and O–H groups in total. The molecule has 2 aromatic carbocycles. The first-order valence-electron chi connectivity index (χ1n) is 9.94. The molecule has 0 aliphatic heterocycles. The number of benzene rings is 2. The van der Waals surface area contributed by atoms with E-state index in [1.165, 1.54) is 6.07 Å². The predicted octanol–water partition coefficient (Wildman–Crippen LogP) is 5.91. The molecule has 0 atom stereocenters. The molecule has 6 heteroatoms. The summed E-state index contributed by atoms with van der Waals surface area (Å²) in [6.45, 7) is 3.84. The van der Waals surface area contributed by atoms with E-state index in [9.17, 15) is 14.7 Å². The molecule has 0 unspecified atom stereocenters. The van der Waals surface area contributed by atoms with Crippen LogP contribution in [-0.4, -0.2) is 26.9 Å². The van der Waals surface area contributed by atoms with E-state index in [-0.39, 0.29) is 23.4 Å². The molecular formula is C23H26INO4. The fourth-order valence-corrected chi connectivity index (χ4v) is 4.45. The quantitative estimate of drug-likeness (QED) is 0.390. The second-order valence-corrected chi connectivity index (χ2v) is 9.41. The van der Waals surface area contributed by atoms with Gasteiger partial charge in [0.15, 0.2) is 0 Å². The van der Waals surface area contributed by atoms with Gasteiger partial charge in [0, 0.05) is 15.9 Å². The van der Waals surface area contributed by atoms with Gasteiger partial charge in [-0.2, -0.15) is 0 Å². The largest absolute Gasteiger partial charge is 0.478 e. The SMILES string of the molecule is CC(C)N(C(=O)C1CCC(I)CC1)c1ccc(Oc2ccccc2)cc1C(=O)O. The van der Waals surface area contributed by atoms with Crippen molar-refractivity contribution in [1.82, 2.24) is 0 Å². The van der Waals surface area contributed by atoms with Crippen molar-refractivity contribution in [3.63, 3.8) is 0 Å². The van der Waals surface area contributed by atoms with Gasteiger partial charge >= 0.3 is 5.97 Å². The zero-order chi connectivity index (χ0) is 21.0. The van der Waals surface area contributed by atoms with E-state index in [1.54, 1.807) is 17.0 Å². The number of amides is 1. The number of carbonyl (C=O) groups excluding carboxylic acids is 1. The van der Waals surface area contributed by atoms with E-state index < -0.39 is 5.97 Å². The molecule has 1 aliphatic carbocycles. The van der Waals surface area contributed by atoms with Crippen molar-refractivity contribution < 1.29 is 19.4 Å². The lowest BCUT2D eigenvalue weighted by Gasteiger charge is -2.34. The standard InChI is InChI=1S/C23H26INO4/c1-15(2)25(22(26)16-8-10-17(24)11-9-16)21-13-12-19(14-20(21)23(27)28)29-18-6-4-3-5-7-18/h3-7,12-17H,8-11H2,1-2H3,(H,27,28). The Hall–Kier alpha value is -2.09. The second-order valence-electron chi connectivity index (χ2n) is 7.65. The molecule has 1 amide bonds. The summed E-state index contributed by atoms with van der Waals surface area (Å²) < 4.78 is 6.40. The smallest absolute Gasteiger partial charge is 0.337 e. The maximum Gasteiger partial charge on any atom is 0.337 e. The first kappa shape index (κ1) is 21.6. The third-order valence-corrected chi connectivity index (χ3v) is 6.44. The van der Waals surface area contributed by atoms with E-state index in [0.29, 0.717) is 21.1 Å². The molecule has 0 saturated heterocycles. The average molecular weight is 507 g/mol. The molecule has 0 aromatic heterocycles. The number of nitrogens with zero attached hydrogens (tertiary/aromatic N) is 1. The van der Waals surface area contributed by atoms with E-state index in [1.807, 2.05) is 44.2 Å². The maximum absolute atomic E-state index is 13.3. The number of hydrogen-bond donors (Lipinski definition) is 1. The van der Waals surface area contributed by atoms with Crippen molar-refractivity contribution in [3.05, 3.63) is 54.1 Å². The van der Waals surface area contributed by atoms with Crippen LogP contribution >= 0.6 is 22.6 Å². The third kappa shape index (κ3) is 5.29. The van der Waals surface area contributed by atoms with E-state index in [2.05, 4.69) is 22.6 Å². The molecule has 0 radical (unpaired) electrons. The van der Waals surface area contributed by atoms with Gasteiger partial charge in [0.2, 0.25) is 5.91 Å². The summed E-state index contributed by atoms with van der Waals surface area (Å²) in [6.07, 6.45) is 3.76. The molecule has 3 rings (SSSR count). The van der Waals surface area contributed by atoms with Gasteiger partial charge < -0.3 is 14.7 Å². The van der Waals surface area contributed by atoms with Crippen molar-refractivity contribution in [2.45, 2.75) is 49.5 Å². The molecule has 0 spiro atoms. The van der Waals surface area contributed by atoms with Gasteiger partial charge in [0.25, 0.3) is 0 Å². The number of carbonyl (C=O) groups is 2. The first-order valence-corrected chi connectivity index (χ1v) is 11.2. The lowest BCUT2D eigenvalue weighted by atomic mass is 9.87. The average Bonchev–Trinajstić information content (AvgIpc) is 2.70. The Kier molecular flexibility index (Phi) is 7.16. The van der Waals surface area contributed by atoms with Crippen LogP contribution in [0.5, 0.6) is 11.5 Å². The summed E-state index contributed by atoms with van der Waals surface area (Å²) in [5, 5.41) is 9.82. The number of carboxylic acids is 1. The number of hydrogen-bond acceptors (Lipinski definition) is 3. The minimum absolute atomic E-state index is 0.0162. The monoisotopic (exact) mass is 507 g/mol. The number of rotatable bonds is 6. The molecule has 2 aromatic rings. The zero-order valence-electron chi connectivity index (χ0n) is 16.7. The Labute approximate surface area is 185 Å². The van der Waals surface area contributed by atoms with Gasteiger partial charge in [-0.1, -0.05) is 40.8 Å². The van der Waals surface area contributed by atoms with Crippen molar-refractivity contribution in [2.24, 2.45) is 5.92 Å². The van der Waals surface area contributed by atoms with Crippen molar-refractivity contribution in [3.8, 4) is 11.5 Å². The minimum Gasteiger partial charge on any atom is -0.478 e. The van der Waals surface area contributed by atoms with E-state index in [0.717, 1.165) is 25.7 Å². The number of aromatic carboxylic acids is 1. The van der Waals surface area contributed by atoms with E-state index >= 15 is 0 Å². The predicted molar refractivity (Wildman–Crippen MR) is 122 cm³/mol. The first-order chi connectivity index (χ1) is 13.9. The Bertz CT molecular complexity index is 860. The highest BCUT2D eigenvalue weighted by atomic mass is 127. The molecule has 0 heterocycles. The Morgan fingerprint density at radius 1 is 1.03 bits per heavy atom. The fraction of sp³-hybridized carbons (Fsp3) is 0.391. The summed E-state index contributed by atoms with van der Waals surface area (Å²) in [5.41, 5.74) is 0.498. The number of ether oxygens (including phenoxy) is 1. The van der Waals surface area contributed by atoms with Gasteiger partial charge in [-0.05, 0) is 69.9 Å². The number of carboxylic acid groups (broad SMARTS) is 1. The van der Waals surface area contributed by atoms with Gasteiger partial charge in [-0.25, -0.2) is 4.79 Å². The lowest BCUT2D eigenvalue weighted by Crippen LogP contribution is -2.43. The van der Waals surface area contributed by atoms with Crippen LogP contribution < -0.4 is 9.64 Å². The van der Waals surface area contributed by atoms with Crippen LogP contribution in [0.15, 0.2) is 48.5 Å². The van der Waals surface area contributed by atoms with Gasteiger partial charge in [0.1, 0.15) is 11.5 Å². The Morgan fingerprint density at radius 2 is 1.69 bits per heavy atom. The molecule has 1 aliphatic rings. The normalized spacial score (nSPS) is 19.0. The Morgan fingerprint density at radius 3 is 2.28 bits per heavy atom. The summed E-state index contributed by atoms with van der Waals surface area (Å²) in [4.78, 5) is 26.9. The van der Waals surface area contributed by atoms with Crippen LogP contribution in [-0.2, 0) is 4.79 Å². The summed E-state index contributed by atoms with van der Waals surface area (Å²) in [7, 11) is 0. The van der Waals surface area contributed by atoms with Crippen molar-refractivity contribution >= 4 is 40.2 Å². The summed E-state index contributed by atoms with van der Waals surface area (Å²) >= 11 is 2.44. The highest BCUT2D eigenvalue weighted by molar-refractivity contribution is 14.1. The minimum atomic E-state index is -1.08. The summed E-state index contributed by atoms with van der Waals surface area (Å²) in [5.74, 6) is -0.0522. The maximum atomic E-state index is 13.3. The number of anilines is 1. The topological polar surface area (TPSA) is 66.8 Å².